The molecule has 1 fully saturated rings. The minimum absolute atomic E-state index is 0.139. The van der Waals surface area contributed by atoms with Crippen molar-refractivity contribution >= 4 is 11.7 Å². The number of hydrogen-bond donors (Lipinski definition) is 1. The van der Waals surface area contributed by atoms with Crippen molar-refractivity contribution < 1.29 is 28.0 Å². The lowest BCUT2D eigenvalue weighted by Gasteiger charge is -2.19. The second-order valence-electron chi connectivity index (χ2n) is 4.37. The van der Waals surface area contributed by atoms with Gasteiger partial charge in [-0.05, 0) is 24.5 Å². The predicted octanol–water partition coefficient (Wildman–Crippen LogP) is 2.89. The van der Waals surface area contributed by atoms with E-state index in [4.69, 9.17) is 5.11 Å². The second-order valence-corrected chi connectivity index (χ2v) is 4.37. The van der Waals surface area contributed by atoms with E-state index in [0.29, 0.717) is 6.07 Å². The fraction of sp³-hybridized carbons (Fsp3) is 0.364. The van der Waals surface area contributed by atoms with Crippen molar-refractivity contribution in [2.24, 2.45) is 0 Å². The van der Waals surface area contributed by atoms with Crippen LogP contribution in [0, 0.1) is 10.1 Å². The zero-order valence-corrected chi connectivity index (χ0v) is 9.40. The number of hydrogen-bond acceptors (Lipinski definition) is 3. The van der Waals surface area contributed by atoms with Gasteiger partial charge in [-0.15, -0.1) is 0 Å². The highest BCUT2D eigenvalue weighted by Crippen LogP contribution is 2.59. The molecule has 0 aliphatic heterocycles. The van der Waals surface area contributed by atoms with Crippen molar-refractivity contribution in [1.29, 1.82) is 0 Å². The summed E-state index contributed by atoms with van der Waals surface area (Å²) in [5.41, 5.74) is -3.75. The van der Waals surface area contributed by atoms with Crippen LogP contribution in [0.5, 0.6) is 0 Å². The Kier molecular flexibility index (Phi) is 2.76. The minimum atomic E-state index is -4.49. The fourth-order valence-corrected chi connectivity index (χ4v) is 2.02. The molecule has 1 aromatic rings. The highest BCUT2D eigenvalue weighted by Gasteiger charge is 2.64. The van der Waals surface area contributed by atoms with Crippen LogP contribution in [-0.4, -0.2) is 22.2 Å². The van der Waals surface area contributed by atoms with Gasteiger partial charge in [0.2, 0.25) is 0 Å². The Bertz CT molecular complexity index is 564. The number of carboxylic acid groups (broad SMARTS) is 1. The van der Waals surface area contributed by atoms with Gasteiger partial charge >= 0.3 is 12.1 Å². The molecule has 2 rings (SSSR count). The first kappa shape index (κ1) is 13.3. The Morgan fingerprint density at radius 3 is 2.32 bits per heavy atom. The summed E-state index contributed by atoms with van der Waals surface area (Å²) in [6, 6.07) is 2.56. The summed E-state index contributed by atoms with van der Waals surface area (Å²) < 4.78 is 38.7. The van der Waals surface area contributed by atoms with Gasteiger partial charge in [0.1, 0.15) is 5.56 Å². The van der Waals surface area contributed by atoms with Crippen LogP contribution < -0.4 is 0 Å². The molecule has 0 unspecified atom stereocenters. The van der Waals surface area contributed by atoms with Crippen molar-refractivity contribution in [3.8, 4) is 0 Å². The molecule has 0 spiro atoms. The maximum absolute atomic E-state index is 12.9. The third-order valence-electron chi connectivity index (χ3n) is 3.27. The Balaban J connectivity index is 2.54. The predicted molar refractivity (Wildman–Crippen MR) is 57.0 cm³/mol. The topological polar surface area (TPSA) is 80.4 Å². The summed E-state index contributed by atoms with van der Waals surface area (Å²) >= 11 is 0. The monoisotopic (exact) mass is 275 g/mol. The number of alkyl halides is 3. The van der Waals surface area contributed by atoms with Crippen LogP contribution in [0.2, 0.25) is 0 Å². The molecule has 1 saturated carbocycles. The Labute approximate surface area is 104 Å². The number of rotatable bonds is 3. The van der Waals surface area contributed by atoms with E-state index in [1.165, 1.54) is 0 Å². The third kappa shape index (κ3) is 2.02. The minimum Gasteiger partial charge on any atom is -0.477 e. The quantitative estimate of drug-likeness (QED) is 0.679. The fourth-order valence-electron chi connectivity index (χ4n) is 2.02. The first-order chi connectivity index (χ1) is 8.69. The molecule has 19 heavy (non-hydrogen) atoms. The molecule has 0 saturated heterocycles. The van der Waals surface area contributed by atoms with Crippen molar-refractivity contribution in [1.82, 2.24) is 0 Å². The van der Waals surface area contributed by atoms with Crippen LogP contribution >= 0.6 is 0 Å². The molecule has 0 atom stereocenters. The maximum atomic E-state index is 12.9. The van der Waals surface area contributed by atoms with Gasteiger partial charge in [0.25, 0.3) is 5.69 Å². The molecule has 1 N–H and O–H groups in total. The van der Waals surface area contributed by atoms with Gasteiger partial charge in [-0.2, -0.15) is 13.2 Å². The van der Waals surface area contributed by atoms with Crippen LogP contribution in [-0.2, 0) is 5.41 Å². The number of nitro groups is 1. The number of nitro benzene ring substituents is 1. The highest BCUT2D eigenvalue weighted by molar-refractivity contribution is 5.92. The molecule has 1 aliphatic carbocycles. The first-order valence-corrected chi connectivity index (χ1v) is 5.28. The lowest BCUT2D eigenvalue weighted by molar-refractivity contribution is -0.385. The molecule has 0 radical (unpaired) electrons. The number of halogens is 3. The zero-order chi connectivity index (χ0) is 14.4. The number of benzene rings is 1. The lowest BCUT2D eigenvalue weighted by Crippen LogP contribution is -2.28. The van der Waals surface area contributed by atoms with Crippen LogP contribution in [0.4, 0.5) is 18.9 Å². The van der Waals surface area contributed by atoms with Gasteiger partial charge in [-0.25, -0.2) is 4.79 Å². The standard InChI is InChI=1S/C11H8F3NO4/c12-11(13,14)10(3-4-10)6-1-2-7(9(16)17)8(5-6)15(18)19/h1-2,5H,3-4H2,(H,16,17). The van der Waals surface area contributed by atoms with E-state index in [9.17, 15) is 28.1 Å². The van der Waals surface area contributed by atoms with E-state index < -0.39 is 33.7 Å². The number of carbonyl (C=O) groups is 1. The van der Waals surface area contributed by atoms with E-state index in [0.717, 1.165) is 12.1 Å². The molecular formula is C11H8F3NO4. The molecular weight excluding hydrogens is 267 g/mol. The summed E-state index contributed by atoms with van der Waals surface area (Å²) in [4.78, 5) is 20.5. The molecule has 5 nitrogen and oxygen atoms in total. The summed E-state index contributed by atoms with van der Waals surface area (Å²) in [5.74, 6) is -1.55. The van der Waals surface area contributed by atoms with Crippen LogP contribution in [0.3, 0.4) is 0 Å². The summed E-state index contributed by atoms with van der Waals surface area (Å²) in [6.07, 6.45) is -4.77. The van der Waals surface area contributed by atoms with Gasteiger partial charge in [0, 0.05) is 6.07 Å². The van der Waals surface area contributed by atoms with Gasteiger partial charge in [0.05, 0.1) is 10.3 Å². The SMILES string of the molecule is O=C(O)c1ccc(C2(C(F)(F)F)CC2)cc1[N+](=O)[O-]. The van der Waals surface area contributed by atoms with Crippen LogP contribution in [0.1, 0.15) is 28.8 Å². The molecule has 0 bridgehead atoms. The van der Waals surface area contributed by atoms with E-state index in [-0.39, 0.29) is 18.4 Å². The summed E-state index contributed by atoms with van der Waals surface area (Å²) in [6.45, 7) is 0. The molecule has 102 valence electrons. The highest BCUT2D eigenvalue weighted by atomic mass is 19.4. The third-order valence-corrected chi connectivity index (χ3v) is 3.27. The maximum Gasteiger partial charge on any atom is 0.398 e. The van der Waals surface area contributed by atoms with Gasteiger partial charge < -0.3 is 5.11 Å². The van der Waals surface area contributed by atoms with Crippen LogP contribution in [0.15, 0.2) is 18.2 Å². The molecule has 8 heteroatoms. The molecule has 0 aromatic heterocycles. The first-order valence-electron chi connectivity index (χ1n) is 5.28. The van der Waals surface area contributed by atoms with Crippen molar-refractivity contribution in [3.63, 3.8) is 0 Å². The number of aromatic carboxylic acids is 1. The van der Waals surface area contributed by atoms with E-state index in [1.54, 1.807) is 0 Å². The second kappa shape index (κ2) is 3.94. The molecule has 0 heterocycles. The Morgan fingerprint density at radius 2 is 1.95 bits per heavy atom. The molecule has 0 amide bonds. The average molecular weight is 275 g/mol. The van der Waals surface area contributed by atoms with Gasteiger partial charge in [-0.3, -0.25) is 10.1 Å². The number of nitrogens with zero attached hydrogens (tertiary/aromatic N) is 1. The van der Waals surface area contributed by atoms with Gasteiger partial charge in [0.15, 0.2) is 0 Å². The van der Waals surface area contributed by atoms with Crippen molar-refractivity contribution in [2.45, 2.75) is 24.4 Å². The van der Waals surface area contributed by atoms with E-state index in [1.807, 2.05) is 0 Å². The molecule has 1 aromatic carbocycles. The number of carboxylic acids is 1. The van der Waals surface area contributed by atoms with Gasteiger partial charge in [-0.1, -0.05) is 6.07 Å². The zero-order valence-electron chi connectivity index (χ0n) is 9.40. The average Bonchev–Trinajstić information content (AvgIpc) is 3.08. The van der Waals surface area contributed by atoms with E-state index in [2.05, 4.69) is 0 Å². The smallest absolute Gasteiger partial charge is 0.398 e. The normalized spacial score (nSPS) is 17.0. The van der Waals surface area contributed by atoms with E-state index >= 15 is 0 Å². The van der Waals surface area contributed by atoms with Crippen LogP contribution in [0.25, 0.3) is 0 Å². The largest absolute Gasteiger partial charge is 0.477 e. The molecule has 1 aliphatic rings. The summed E-state index contributed by atoms with van der Waals surface area (Å²) in [5, 5.41) is 19.5. The van der Waals surface area contributed by atoms with Crippen molar-refractivity contribution in [3.05, 3.63) is 39.4 Å². The lowest BCUT2D eigenvalue weighted by atomic mass is 9.93. The van der Waals surface area contributed by atoms with Crippen molar-refractivity contribution in [2.75, 3.05) is 0 Å². The Morgan fingerprint density at radius 1 is 1.37 bits per heavy atom. The summed E-state index contributed by atoms with van der Waals surface area (Å²) in [7, 11) is 0. The Hall–Kier alpha value is -2.12.